The quantitative estimate of drug-likeness (QED) is 0.925. The van der Waals surface area contributed by atoms with Gasteiger partial charge in [-0.25, -0.2) is 9.18 Å². The van der Waals surface area contributed by atoms with Crippen LogP contribution in [-0.4, -0.2) is 41.2 Å². The van der Waals surface area contributed by atoms with Crippen molar-refractivity contribution in [1.82, 2.24) is 15.2 Å². The van der Waals surface area contributed by atoms with Crippen LogP contribution in [0.1, 0.15) is 45.7 Å². The van der Waals surface area contributed by atoms with Gasteiger partial charge in [0.05, 0.1) is 6.20 Å². The summed E-state index contributed by atoms with van der Waals surface area (Å²) in [6.07, 6.45) is 3.46. The van der Waals surface area contributed by atoms with Gasteiger partial charge in [-0.15, -0.1) is 0 Å². The van der Waals surface area contributed by atoms with Crippen molar-refractivity contribution in [3.8, 4) is 0 Å². The molecule has 5 nitrogen and oxygen atoms in total. The number of carbonyl (C=O) groups excluding carboxylic acids is 1. The van der Waals surface area contributed by atoms with Crippen LogP contribution in [-0.2, 0) is 4.74 Å². The molecule has 1 fully saturated rings. The topological polar surface area (TPSA) is 54.5 Å². The average Bonchev–Trinajstić information content (AvgIpc) is 2.92. The van der Waals surface area contributed by atoms with Crippen LogP contribution in [0.3, 0.4) is 0 Å². The first-order valence-electron chi connectivity index (χ1n) is 8.12. The molecule has 2 heterocycles. The molecule has 1 aromatic rings. The Bertz CT molecular complexity index is 545. The SMILES string of the molecule is CCNC(c1cncc(F)c1)C1CCN(C(=O)OC(C)(C)C)C1. The standard InChI is InChI=1S/C17H26FN3O2/c1-5-20-15(13-8-14(18)10-19-9-13)12-6-7-21(11-12)16(22)23-17(2,3)4/h8-10,12,15,20H,5-7,11H2,1-4H3. The zero-order valence-electron chi connectivity index (χ0n) is 14.3. The van der Waals surface area contributed by atoms with Crippen molar-refractivity contribution >= 4 is 6.09 Å². The minimum Gasteiger partial charge on any atom is -0.444 e. The highest BCUT2D eigenvalue weighted by Gasteiger charge is 2.34. The van der Waals surface area contributed by atoms with Crippen molar-refractivity contribution in [1.29, 1.82) is 0 Å². The van der Waals surface area contributed by atoms with Crippen LogP contribution in [0.5, 0.6) is 0 Å². The molecule has 1 saturated heterocycles. The highest BCUT2D eigenvalue weighted by molar-refractivity contribution is 5.68. The molecule has 0 radical (unpaired) electrons. The maximum Gasteiger partial charge on any atom is 0.410 e. The summed E-state index contributed by atoms with van der Waals surface area (Å²) in [6.45, 7) is 9.62. The number of hydrogen-bond acceptors (Lipinski definition) is 4. The van der Waals surface area contributed by atoms with Crippen molar-refractivity contribution in [2.45, 2.75) is 45.8 Å². The minimum absolute atomic E-state index is 0.0179. The van der Waals surface area contributed by atoms with Crippen molar-refractivity contribution in [3.63, 3.8) is 0 Å². The van der Waals surface area contributed by atoms with Gasteiger partial charge in [0.2, 0.25) is 0 Å². The van der Waals surface area contributed by atoms with E-state index in [0.717, 1.165) is 18.5 Å². The predicted molar refractivity (Wildman–Crippen MR) is 86.5 cm³/mol. The molecule has 0 spiro atoms. The van der Waals surface area contributed by atoms with Gasteiger partial charge in [-0.3, -0.25) is 4.98 Å². The van der Waals surface area contributed by atoms with Gasteiger partial charge in [0.1, 0.15) is 11.4 Å². The fourth-order valence-corrected chi connectivity index (χ4v) is 2.93. The Labute approximate surface area is 137 Å². The van der Waals surface area contributed by atoms with E-state index < -0.39 is 5.60 Å². The fraction of sp³-hybridized carbons (Fsp3) is 0.647. The summed E-state index contributed by atoms with van der Waals surface area (Å²) >= 11 is 0. The largest absolute Gasteiger partial charge is 0.444 e. The molecule has 2 atom stereocenters. The first kappa shape index (κ1) is 17.7. The van der Waals surface area contributed by atoms with Crippen LogP contribution in [0, 0.1) is 11.7 Å². The lowest BCUT2D eigenvalue weighted by atomic mass is 9.93. The van der Waals surface area contributed by atoms with E-state index in [1.807, 2.05) is 27.7 Å². The molecule has 23 heavy (non-hydrogen) atoms. The highest BCUT2D eigenvalue weighted by Crippen LogP contribution is 2.30. The molecule has 2 unspecified atom stereocenters. The summed E-state index contributed by atoms with van der Waals surface area (Å²) in [7, 11) is 0. The number of pyridine rings is 1. The molecule has 1 aliphatic rings. The van der Waals surface area contributed by atoms with Crippen LogP contribution in [0.25, 0.3) is 0 Å². The molecule has 1 amide bonds. The van der Waals surface area contributed by atoms with E-state index in [1.165, 1.54) is 12.3 Å². The summed E-state index contributed by atoms with van der Waals surface area (Å²) in [5.74, 6) is -0.126. The minimum atomic E-state index is -0.497. The number of aromatic nitrogens is 1. The third kappa shape index (κ3) is 4.89. The number of nitrogens with zero attached hydrogens (tertiary/aromatic N) is 2. The molecular formula is C17H26FN3O2. The lowest BCUT2D eigenvalue weighted by Gasteiger charge is -2.26. The number of hydrogen-bond donors (Lipinski definition) is 1. The molecule has 0 saturated carbocycles. The van der Waals surface area contributed by atoms with E-state index in [9.17, 15) is 9.18 Å². The number of carbonyl (C=O) groups is 1. The van der Waals surface area contributed by atoms with E-state index in [2.05, 4.69) is 10.3 Å². The van der Waals surface area contributed by atoms with Crippen LogP contribution in [0.15, 0.2) is 18.5 Å². The van der Waals surface area contributed by atoms with E-state index in [1.54, 1.807) is 11.1 Å². The molecule has 128 valence electrons. The number of rotatable bonds is 4. The van der Waals surface area contributed by atoms with Crippen LogP contribution < -0.4 is 5.32 Å². The summed E-state index contributed by atoms with van der Waals surface area (Å²) in [4.78, 5) is 17.9. The summed E-state index contributed by atoms with van der Waals surface area (Å²) in [6, 6.07) is 1.49. The molecule has 0 aliphatic carbocycles. The van der Waals surface area contributed by atoms with E-state index >= 15 is 0 Å². The Morgan fingerprint density at radius 1 is 1.52 bits per heavy atom. The van der Waals surface area contributed by atoms with Crippen molar-refractivity contribution in [3.05, 3.63) is 29.8 Å². The molecule has 2 rings (SSSR count). The van der Waals surface area contributed by atoms with Gasteiger partial charge in [-0.1, -0.05) is 6.92 Å². The Morgan fingerprint density at radius 3 is 2.87 bits per heavy atom. The van der Waals surface area contributed by atoms with E-state index in [4.69, 9.17) is 4.74 Å². The second-order valence-corrected chi connectivity index (χ2v) is 6.95. The molecule has 1 N–H and O–H groups in total. The first-order chi connectivity index (χ1) is 10.8. The Kier molecular flexibility index (Phi) is 5.57. The molecule has 0 aromatic carbocycles. The number of halogens is 1. The first-order valence-corrected chi connectivity index (χ1v) is 8.12. The van der Waals surface area contributed by atoms with Gasteiger partial charge in [-0.2, -0.15) is 0 Å². The molecule has 6 heteroatoms. The van der Waals surface area contributed by atoms with Gasteiger partial charge < -0.3 is 15.0 Å². The zero-order chi connectivity index (χ0) is 17.0. The number of ether oxygens (including phenoxy) is 1. The Morgan fingerprint density at radius 2 is 2.26 bits per heavy atom. The van der Waals surface area contributed by atoms with Gasteiger partial charge in [0.15, 0.2) is 0 Å². The maximum atomic E-state index is 13.5. The van der Waals surface area contributed by atoms with Gasteiger partial charge in [0, 0.05) is 25.3 Å². The lowest BCUT2D eigenvalue weighted by molar-refractivity contribution is 0.0285. The maximum absolute atomic E-state index is 13.5. The Balaban J connectivity index is 2.06. The summed E-state index contributed by atoms with van der Waals surface area (Å²) in [5.41, 5.74) is 0.325. The normalized spacial score (nSPS) is 19.7. The van der Waals surface area contributed by atoms with Gasteiger partial charge >= 0.3 is 6.09 Å². The second kappa shape index (κ2) is 7.25. The van der Waals surface area contributed by atoms with Crippen molar-refractivity contribution in [2.75, 3.05) is 19.6 Å². The monoisotopic (exact) mass is 323 g/mol. The van der Waals surface area contributed by atoms with Crippen LogP contribution in [0.2, 0.25) is 0 Å². The summed E-state index contributed by atoms with van der Waals surface area (Å²) in [5, 5.41) is 3.39. The third-order valence-electron chi connectivity index (χ3n) is 3.86. The average molecular weight is 323 g/mol. The molecular weight excluding hydrogens is 297 g/mol. The highest BCUT2D eigenvalue weighted by atomic mass is 19.1. The third-order valence-corrected chi connectivity index (χ3v) is 3.86. The second-order valence-electron chi connectivity index (χ2n) is 6.95. The lowest BCUT2D eigenvalue weighted by Crippen LogP contribution is -2.36. The number of nitrogens with one attached hydrogen (secondary N) is 1. The molecule has 1 aromatic heterocycles. The van der Waals surface area contributed by atoms with Crippen molar-refractivity contribution < 1.29 is 13.9 Å². The number of likely N-dealkylation sites (tertiary alicyclic amines) is 1. The number of amides is 1. The summed E-state index contributed by atoms with van der Waals surface area (Å²) < 4.78 is 18.9. The fourth-order valence-electron chi connectivity index (χ4n) is 2.93. The Hall–Kier alpha value is -1.69. The van der Waals surface area contributed by atoms with E-state index in [-0.39, 0.29) is 23.9 Å². The van der Waals surface area contributed by atoms with Gasteiger partial charge in [0.25, 0.3) is 0 Å². The molecule has 1 aliphatic heterocycles. The van der Waals surface area contributed by atoms with Gasteiger partial charge in [-0.05, 0) is 51.3 Å². The molecule has 0 bridgehead atoms. The van der Waals surface area contributed by atoms with Crippen molar-refractivity contribution in [2.24, 2.45) is 5.92 Å². The van der Waals surface area contributed by atoms with E-state index in [0.29, 0.717) is 13.1 Å². The zero-order valence-corrected chi connectivity index (χ0v) is 14.3. The van der Waals surface area contributed by atoms with Crippen LogP contribution in [0.4, 0.5) is 9.18 Å². The van der Waals surface area contributed by atoms with Crippen LogP contribution >= 0.6 is 0 Å². The smallest absolute Gasteiger partial charge is 0.410 e. The predicted octanol–water partition coefficient (Wildman–Crippen LogP) is 3.13.